The topological polar surface area (TPSA) is 131 Å². The van der Waals surface area contributed by atoms with Crippen molar-refractivity contribution >= 4 is 32.3 Å². The first-order valence-electron chi connectivity index (χ1n) is 11.4. The second-order valence-corrected chi connectivity index (χ2v) is 12.1. The van der Waals surface area contributed by atoms with Crippen molar-refractivity contribution in [1.82, 2.24) is 10.1 Å². The van der Waals surface area contributed by atoms with Crippen LogP contribution >= 0.6 is 0 Å². The van der Waals surface area contributed by atoms with Gasteiger partial charge in [-0.15, -0.1) is 0 Å². The molecule has 0 aliphatic rings. The lowest BCUT2D eigenvalue weighted by Gasteiger charge is -2.20. The summed E-state index contributed by atoms with van der Waals surface area (Å²) < 4.78 is 58.2. The van der Waals surface area contributed by atoms with Crippen LogP contribution in [0.25, 0.3) is 0 Å². The van der Waals surface area contributed by atoms with Gasteiger partial charge in [-0.25, -0.2) is 13.8 Å². The molecule has 9 nitrogen and oxygen atoms in total. The van der Waals surface area contributed by atoms with Crippen molar-refractivity contribution in [3.63, 3.8) is 0 Å². The van der Waals surface area contributed by atoms with Crippen molar-refractivity contribution < 1.29 is 25.8 Å². The molecule has 0 aromatic heterocycles. The molecule has 3 aromatic carbocycles. The zero-order valence-corrected chi connectivity index (χ0v) is 22.5. The van der Waals surface area contributed by atoms with E-state index in [4.69, 9.17) is 4.18 Å². The van der Waals surface area contributed by atoms with Crippen molar-refractivity contribution in [2.45, 2.75) is 43.5 Å². The molecule has 0 saturated carbocycles. The fourth-order valence-corrected chi connectivity index (χ4v) is 5.48. The molecule has 3 rings (SSSR count). The molecule has 0 bridgehead atoms. The molecule has 0 saturated heterocycles. The van der Waals surface area contributed by atoms with E-state index in [1.54, 1.807) is 50.2 Å². The number of hydrazone groups is 1. The third-order valence-electron chi connectivity index (χ3n) is 5.32. The number of hydrogen-bond acceptors (Lipinski definition) is 7. The Morgan fingerprint density at radius 3 is 2.00 bits per heavy atom. The molecule has 0 spiro atoms. The molecule has 2 N–H and O–H groups in total. The van der Waals surface area contributed by atoms with Crippen molar-refractivity contribution in [1.29, 1.82) is 0 Å². The first-order valence-corrected chi connectivity index (χ1v) is 14.3. The minimum Gasteiger partial charge on any atom is -0.379 e. The summed E-state index contributed by atoms with van der Waals surface area (Å²) in [5.41, 5.74) is 4.62. The lowest BCUT2D eigenvalue weighted by atomic mass is 10.1. The maximum Gasteiger partial charge on any atom is 0.339 e. The molecule has 0 heterocycles. The van der Waals surface area contributed by atoms with Crippen LogP contribution in [0.1, 0.15) is 30.5 Å². The van der Waals surface area contributed by atoms with Crippen LogP contribution in [0.2, 0.25) is 0 Å². The highest BCUT2D eigenvalue weighted by molar-refractivity contribution is 7.89. The van der Waals surface area contributed by atoms with Gasteiger partial charge in [0.1, 0.15) is 16.7 Å². The Bertz CT molecular complexity index is 1480. The van der Waals surface area contributed by atoms with Gasteiger partial charge in [0.05, 0.1) is 11.1 Å². The van der Waals surface area contributed by atoms with Gasteiger partial charge in [-0.05, 0) is 61.7 Å². The Labute approximate surface area is 217 Å². The number of aryl methyl sites for hydroxylation is 2. The Balaban J connectivity index is 1.67. The van der Waals surface area contributed by atoms with Gasteiger partial charge in [-0.2, -0.15) is 18.2 Å². The Hall–Kier alpha value is -3.54. The minimum atomic E-state index is -4.02. The molecule has 37 heavy (non-hydrogen) atoms. The van der Waals surface area contributed by atoms with E-state index in [2.05, 4.69) is 15.2 Å². The molecular formula is C26H29N3O6S2. The van der Waals surface area contributed by atoms with Crippen LogP contribution in [0.15, 0.2) is 87.7 Å². The zero-order valence-electron chi connectivity index (χ0n) is 20.9. The summed E-state index contributed by atoms with van der Waals surface area (Å²) in [7, 11) is -7.95. The van der Waals surface area contributed by atoms with Crippen LogP contribution in [-0.4, -0.2) is 35.0 Å². The average molecular weight is 544 g/mol. The van der Waals surface area contributed by atoms with E-state index in [1.807, 2.05) is 13.8 Å². The second-order valence-electron chi connectivity index (χ2n) is 8.81. The lowest BCUT2D eigenvalue weighted by Crippen LogP contribution is -2.48. The molecule has 196 valence electrons. The summed E-state index contributed by atoms with van der Waals surface area (Å²) in [5.74, 6) is -0.933. The monoisotopic (exact) mass is 543 g/mol. The summed E-state index contributed by atoms with van der Waals surface area (Å²) >= 11 is 0. The molecule has 11 heteroatoms. The van der Waals surface area contributed by atoms with Crippen molar-refractivity contribution in [3.05, 3.63) is 89.5 Å². The number of rotatable bonds is 10. The predicted molar refractivity (Wildman–Crippen MR) is 141 cm³/mol. The van der Waals surface area contributed by atoms with Gasteiger partial charge < -0.3 is 4.18 Å². The fourth-order valence-electron chi connectivity index (χ4n) is 3.21. The van der Waals surface area contributed by atoms with Crippen LogP contribution in [0.5, 0.6) is 5.75 Å². The van der Waals surface area contributed by atoms with Crippen LogP contribution in [0, 0.1) is 19.8 Å². The highest BCUT2D eigenvalue weighted by Gasteiger charge is 2.28. The minimum absolute atomic E-state index is 0.0252. The van der Waals surface area contributed by atoms with Gasteiger partial charge in [0.15, 0.2) is 0 Å². The molecule has 0 aliphatic heterocycles. The maximum atomic E-state index is 12.7. The molecule has 0 radical (unpaired) electrons. The number of sulfonamides is 1. The van der Waals surface area contributed by atoms with Gasteiger partial charge in [-0.3, -0.25) is 4.79 Å². The standard InChI is InChI=1S/C26H29N3O6S2/c1-18(2)25(29-36(31,32)23-12-8-19(3)9-13-23)26(30)28-27-17-21-6-5-7-22(16-21)35-37(33,34)24-14-10-20(4)11-15-24/h5-18,25,29H,1-4H3,(H,28,30)/b27-17-/t25-/m1/s1. The summed E-state index contributed by atoms with van der Waals surface area (Å²) in [6.07, 6.45) is 1.30. The Morgan fingerprint density at radius 1 is 0.865 bits per heavy atom. The fraction of sp³-hybridized carbons (Fsp3) is 0.231. The van der Waals surface area contributed by atoms with E-state index in [1.165, 1.54) is 42.6 Å². The van der Waals surface area contributed by atoms with Gasteiger partial charge in [0.25, 0.3) is 5.91 Å². The number of nitrogens with zero attached hydrogens (tertiary/aromatic N) is 1. The molecule has 0 fully saturated rings. The van der Waals surface area contributed by atoms with Gasteiger partial charge >= 0.3 is 10.1 Å². The summed E-state index contributed by atoms with van der Waals surface area (Å²) in [6, 6.07) is 17.6. The summed E-state index contributed by atoms with van der Waals surface area (Å²) in [4.78, 5) is 12.8. The third-order valence-corrected chi connectivity index (χ3v) is 8.04. The normalized spacial score (nSPS) is 13.0. The second kappa shape index (κ2) is 11.7. The summed E-state index contributed by atoms with van der Waals surface area (Å²) in [6.45, 7) is 7.11. The van der Waals surface area contributed by atoms with E-state index >= 15 is 0 Å². The number of amides is 1. The van der Waals surface area contributed by atoms with Gasteiger partial charge in [0, 0.05) is 0 Å². The van der Waals surface area contributed by atoms with E-state index in [0.29, 0.717) is 5.56 Å². The first kappa shape index (κ1) is 28.0. The highest BCUT2D eigenvalue weighted by Crippen LogP contribution is 2.20. The number of carbonyl (C=O) groups is 1. The maximum absolute atomic E-state index is 12.7. The molecule has 1 atom stereocenters. The van der Waals surface area contributed by atoms with E-state index < -0.39 is 32.1 Å². The average Bonchev–Trinajstić information content (AvgIpc) is 2.83. The van der Waals surface area contributed by atoms with Crippen molar-refractivity contribution in [2.24, 2.45) is 11.0 Å². The zero-order chi connectivity index (χ0) is 27.2. The van der Waals surface area contributed by atoms with E-state index in [0.717, 1.165) is 11.1 Å². The quantitative estimate of drug-likeness (QED) is 0.229. The van der Waals surface area contributed by atoms with Gasteiger partial charge in [-0.1, -0.05) is 61.4 Å². The number of nitrogens with one attached hydrogen (secondary N) is 2. The van der Waals surface area contributed by atoms with Crippen molar-refractivity contribution in [2.75, 3.05) is 0 Å². The Kier molecular flexibility index (Phi) is 8.85. The lowest BCUT2D eigenvalue weighted by molar-refractivity contribution is -0.123. The molecule has 1 amide bonds. The van der Waals surface area contributed by atoms with E-state index in [-0.39, 0.29) is 21.5 Å². The molecule has 0 aliphatic carbocycles. The summed E-state index contributed by atoms with van der Waals surface area (Å²) in [5, 5.41) is 3.90. The number of benzene rings is 3. The first-order chi connectivity index (χ1) is 17.4. The Morgan fingerprint density at radius 2 is 1.43 bits per heavy atom. The van der Waals surface area contributed by atoms with Crippen LogP contribution in [0.4, 0.5) is 0 Å². The molecule has 3 aromatic rings. The number of carbonyl (C=O) groups excluding carboxylic acids is 1. The van der Waals surface area contributed by atoms with Crippen LogP contribution in [-0.2, 0) is 24.9 Å². The third kappa shape index (κ3) is 7.72. The smallest absolute Gasteiger partial charge is 0.339 e. The molecule has 0 unspecified atom stereocenters. The van der Waals surface area contributed by atoms with Crippen molar-refractivity contribution in [3.8, 4) is 5.75 Å². The predicted octanol–water partition coefficient (Wildman–Crippen LogP) is 3.52. The van der Waals surface area contributed by atoms with E-state index in [9.17, 15) is 21.6 Å². The van der Waals surface area contributed by atoms with Gasteiger partial charge in [0.2, 0.25) is 10.0 Å². The van der Waals surface area contributed by atoms with Crippen LogP contribution < -0.4 is 14.3 Å². The largest absolute Gasteiger partial charge is 0.379 e. The molecular weight excluding hydrogens is 514 g/mol. The SMILES string of the molecule is Cc1ccc(S(=O)(=O)N[C@@H](C(=O)N/N=C\c2cccc(OS(=O)(=O)c3ccc(C)cc3)c2)C(C)C)cc1. The number of hydrogen-bond donors (Lipinski definition) is 2. The highest BCUT2D eigenvalue weighted by atomic mass is 32.2. The van der Waals surface area contributed by atoms with Crippen LogP contribution in [0.3, 0.4) is 0 Å².